The van der Waals surface area contributed by atoms with Crippen LogP contribution >= 0.6 is 27.3 Å². The lowest BCUT2D eigenvalue weighted by Gasteiger charge is -2.06. The van der Waals surface area contributed by atoms with Crippen LogP contribution in [0, 0.1) is 0 Å². The molecule has 0 bridgehead atoms. The summed E-state index contributed by atoms with van der Waals surface area (Å²) in [6.45, 7) is 0. The van der Waals surface area contributed by atoms with Gasteiger partial charge in [-0.25, -0.2) is 9.97 Å². The highest BCUT2D eigenvalue weighted by Gasteiger charge is 2.08. The van der Waals surface area contributed by atoms with E-state index in [-0.39, 0.29) is 4.87 Å². The molecular weight excluding hydrogens is 354 g/mol. The minimum atomic E-state index is -0.0545. The second-order valence-corrected chi connectivity index (χ2v) is 6.32. The standard InChI is InChI=1S/C13H8BrN5OS/c14-10-4-7-11(15-5-16-12(7)19-10)17-6-1-2-8-9(3-6)21-13(20)18-8/h1-5H,(H,18,20)(H2,15,16,17,19). The zero-order valence-electron chi connectivity index (χ0n) is 10.5. The number of benzene rings is 1. The Kier molecular flexibility index (Phi) is 2.79. The zero-order valence-corrected chi connectivity index (χ0v) is 12.9. The number of aromatic nitrogens is 4. The van der Waals surface area contributed by atoms with Gasteiger partial charge in [-0.15, -0.1) is 0 Å². The molecule has 4 aromatic rings. The molecule has 3 aromatic heterocycles. The Bertz CT molecular complexity index is 1020. The number of fused-ring (bicyclic) bond motifs is 2. The Labute approximate surface area is 130 Å². The van der Waals surface area contributed by atoms with E-state index in [1.54, 1.807) is 0 Å². The van der Waals surface area contributed by atoms with Crippen molar-refractivity contribution in [3.63, 3.8) is 0 Å². The number of thiazole rings is 1. The van der Waals surface area contributed by atoms with Crippen LogP contribution in [0.15, 0.2) is 40.0 Å². The van der Waals surface area contributed by atoms with Crippen LogP contribution in [-0.2, 0) is 0 Å². The number of nitrogens with zero attached hydrogens (tertiary/aromatic N) is 2. The van der Waals surface area contributed by atoms with E-state index in [0.717, 1.165) is 31.5 Å². The molecule has 0 aliphatic heterocycles. The van der Waals surface area contributed by atoms with Gasteiger partial charge in [0.15, 0.2) is 0 Å². The van der Waals surface area contributed by atoms with Gasteiger partial charge in [-0.1, -0.05) is 11.3 Å². The lowest BCUT2D eigenvalue weighted by atomic mass is 10.3. The molecule has 0 amide bonds. The van der Waals surface area contributed by atoms with Crippen molar-refractivity contribution in [2.24, 2.45) is 0 Å². The molecular formula is C13H8BrN5OS. The van der Waals surface area contributed by atoms with Crippen molar-refractivity contribution in [3.05, 3.63) is 44.9 Å². The van der Waals surface area contributed by atoms with Gasteiger partial charge >= 0.3 is 4.87 Å². The van der Waals surface area contributed by atoms with Crippen molar-refractivity contribution in [1.29, 1.82) is 0 Å². The van der Waals surface area contributed by atoms with E-state index in [4.69, 9.17) is 0 Å². The normalized spacial score (nSPS) is 11.3. The molecule has 21 heavy (non-hydrogen) atoms. The highest BCUT2D eigenvalue weighted by Crippen LogP contribution is 2.27. The molecule has 0 saturated heterocycles. The van der Waals surface area contributed by atoms with Gasteiger partial charge in [0.05, 0.1) is 20.2 Å². The van der Waals surface area contributed by atoms with Crippen LogP contribution in [0.2, 0.25) is 0 Å². The number of hydrogen-bond donors (Lipinski definition) is 3. The van der Waals surface area contributed by atoms with Crippen molar-refractivity contribution in [2.45, 2.75) is 0 Å². The molecule has 4 rings (SSSR count). The van der Waals surface area contributed by atoms with Gasteiger partial charge < -0.3 is 15.3 Å². The second-order valence-electron chi connectivity index (χ2n) is 4.45. The van der Waals surface area contributed by atoms with Gasteiger partial charge in [0.1, 0.15) is 17.8 Å². The summed E-state index contributed by atoms with van der Waals surface area (Å²) in [7, 11) is 0. The summed E-state index contributed by atoms with van der Waals surface area (Å²) >= 11 is 4.58. The SMILES string of the molecule is O=c1[nH]c2ccc(Nc3ncnc4[nH]c(Br)cc34)cc2s1. The Morgan fingerprint density at radius 2 is 2.10 bits per heavy atom. The summed E-state index contributed by atoms with van der Waals surface area (Å²) in [5.74, 6) is 0.712. The predicted molar refractivity (Wildman–Crippen MR) is 87.3 cm³/mol. The summed E-state index contributed by atoms with van der Waals surface area (Å²) < 4.78 is 1.76. The van der Waals surface area contributed by atoms with Gasteiger partial charge in [0, 0.05) is 5.69 Å². The van der Waals surface area contributed by atoms with E-state index in [1.165, 1.54) is 17.7 Å². The van der Waals surface area contributed by atoms with E-state index in [9.17, 15) is 4.79 Å². The van der Waals surface area contributed by atoms with Crippen molar-refractivity contribution < 1.29 is 0 Å². The van der Waals surface area contributed by atoms with Crippen LogP contribution in [0.3, 0.4) is 0 Å². The number of aromatic amines is 2. The van der Waals surface area contributed by atoms with Gasteiger partial charge in [-0.3, -0.25) is 4.79 Å². The maximum absolute atomic E-state index is 11.3. The number of H-pyrrole nitrogens is 2. The molecule has 3 heterocycles. The number of hydrogen-bond acceptors (Lipinski definition) is 5. The lowest BCUT2D eigenvalue weighted by Crippen LogP contribution is -1.94. The molecule has 8 heteroatoms. The summed E-state index contributed by atoms with van der Waals surface area (Å²) in [6, 6.07) is 7.63. The van der Waals surface area contributed by atoms with Gasteiger partial charge in [0.2, 0.25) is 0 Å². The van der Waals surface area contributed by atoms with E-state index in [2.05, 4.69) is 41.2 Å². The van der Waals surface area contributed by atoms with Crippen molar-refractivity contribution >= 4 is 60.0 Å². The van der Waals surface area contributed by atoms with E-state index in [1.807, 2.05) is 24.3 Å². The number of anilines is 2. The zero-order chi connectivity index (χ0) is 14.4. The molecule has 0 radical (unpaired) electrons. The topological polar surface area (TPSA) is 86.5 Å². The lowest BCUT2D eigenvalue weighted by molar-refractivity contribution is 1.19. The van der Waals surface area contributed by atoms with Crippen LogP contribution in [0.4, 0.5) is 11.5 Å². The first-order valence-corrected chi connectivity index (χ1v) is 7.69. The molecule has 0 unspecified atom stereocenters. The average molecular weight is 362 g/mol. The molecule has 104 valence electrons. The summed E-state index contributed by atoms with van der Waals surface area (Å²) in [5, 5.41) is 4.16. The molecule has 0 fully saturated rings. The van der Waals surface area contributed by atoms with Crippen molar-refractivity contribution in [1.82, 2.24) is 19.9 Å². The second kappa shape index (κ2) is 4.68. The van der Waals surface area contributed by atoms with Crippen LogP contribution < -0.4 is 10.2 Å². The number of halogens is 1. The molecule has 0 atom stereocenters. The summed E-state index contributed by atoms with van der Waals surface area (Å²) in [5.41, 5.74) is 2.47. The van der Waals surface area contributed by atoms with Gasteiger partial charge in [-0.2, -0.15) is 0 Å². The predicted octanol–water partition coefficient (Wildman–Crippen LogP) is 3.37. The van der Waals surface area contributed by atoms with E-state index >= 15 is 0 Å². The minimum Gasteiger partial charge on any atom is -0.340 e. The monoisotopic (exact) mass is 361 g/mol. The Morgan fingerprint density at radius 1 is 1.19 bits per heavy atom. The first kappa shape index (κ1) is 12.5. The molecule has 0 spiro atoms. The Hall–Kier alpha value is -2.19. The highest BCUT2D eigenvalue weighted by atomic mass is 79.9. The summed E-state index contributed by atoms with van der Waals surface area (Å²) in [4.78, 5) is 25.6. The molecule has 3 N–H and O–H groups in total. The van der Waals surface area contributed by atoms with Gasteiger partial charge in [-0.05, 0) is 40.2 Å². The fourth-order valence-electron chi connectivity index (χ4n) is 2.17. The fourth-order valence-corrected chi connectivity index (χ4v) is 3.36. The number of rotatable bonds is 2. The Balaban J connectivity index is 1.80. The van der Waals surface area contributed by atoms with E-state index in [0.29, 0.717) is 5.82 Å². The maximum atomic E-state index is 11.3. The third-order valence-corrected chi connectivity index (χ3v) is 4.35. The summed E-state index contributed by atoms with van der Waals surface area (Å²) in [6.07, 6.45) is 1.50. The third-order valence-electron chi connectivity index (χ3n) is 3.08. The maximum Gasteiger partial charge on any atom is 0.305 e. The molecule has 0 saturated carbocycles. The molecule has 0 aliphatic rings. The Morgan fingerprint density at radius 3 is 3.00 bits per heavy atom. The minimum absolute atomic E-state index is 0.0545. The van der Waals surface area contributed by atoms with Crippen molar-refractivity contribution in [2.75, 3.05) is 5.32 Å². The smallest absolute Gasteiger partial charge is 0.305 e. The molecule has 6 nitrogen and oxygen atoms in total. The van der Waals surface area contributed by atoms with Crippen LogP contribution in [0.25, 0.3) is 21.3 Å². The van der Waals surface area contributed by atoms with E-state index < -0.39 is 0 Å². The number of nitrogens with one attached hydrogen (secondary N) is 3. The first-order valence-electron chi connectivity index (χ1n) is 6.08. The highest BCUT2D eigenvalue weighted by molar-refractivity contribution is 9.10. The van der Waals surface area contributed by atoms with Crippen LogP contribution in [0.5, 0.6) is 0 Å². The first-order chi connectivity index (χ1) is 10.2. The van der Waals surface area contributed by atoms with Gasteiger partial charge in [0.25, 0.3) is 0 Å². The fraction of sp³-hybridized carbons (Fsp3) is 0. The molecule has 1 aromatic carbocycles. The van der Waals surface area contributed by atoms with Crippen LogP contribution in [-0.4, -0.2) is 19.9 Å². The third kappa shape index (κ3) is 2.22. The van der Waals surface area contributed by atoms with Crippen molar-refractivity contribution in [3.8, 4) is 0 Å². The van der Waals surface area contributed by atoms with Crippen LogP contribution in [0.1, 0.15) is 0 Å². The molecule has 0 aliphatic carbocycles. The largest absolute Gasteiger partial charge is 0.340 e. The quantitative estimate of drug-likeness (QED) is 0.510. The average Bonchev–Trinajstić information content (AvgIpc) is 2.99.